The molecule has 2 aromatic rings. The van der Waals surface area contributed by atoms with Crippen LogP contribution < -0.4 is 4.74 Å². The molecule has 0 N–H and O–H groups in total. The monoisotopic (exact) mass is 432 g/mol. The van der Waals surface area contributed by atoms with Crippen LogP contribution in [0.15, 0.2) is 60.3 Å². The number of nitrogens with zero attached hydrogens (tertiary/aromatic N) is 2. The lowest BCUT2D eigenvalue weighted by Crippen LogP contribution is -2.39. The van der Waals surface area contributed by atoms with Crippen LogP contribution in [0.3, 0.4) is 0 Å². The van der Waals surface area contributed by atoms with E-state index in [2.05, 4.69) is 29.2 Å². The zero-order valence-electron chi connectivity index (χ0n) is 19.2. The number of carbonyl (C=O) groups excluding carboxylic acids is 2. The summed E-state index contributed by atoms with van der Waals surface area (Å²) in [5.41, 5.74) is 3.22. The van der Waals surface area contributed by atoms with Crippen LogP contribution in [0.1, 0.15) is 44.7 Å². The van der Waals surface area contributed by atoms with Gasteiger partial charge in [-0.15, -0.1) is 0 Å². The average Bonchev–Trinajstić information content (AvgIpc) is 3.04. The summed E-state index contributed by atoms with van der Waals surface area (Å²) < 4.78 is 5.74. The molecule has 4 rings (SSSR count). The molecule has 2 aliphatic rings. The maximum Gasteiger partial charge on any atom is 0.277 e. The Morgan fingerprint density at radius 3 is 2.19 bits per heavy atom. The van der Waals surface area contributed by atoms with E-state index >= 15 is 0 Å². The van der Waals surface area contributed by atoms with Gasteiger partial charge in [0.25, 0.3) is 11.8 Å². The van der Waals surface area contributed by atoms with Gasteiger partial charge < -0.3 is 9.64 Å². The molecule has 2 heterocycles. The minimum atomic E-state index is -0.198. The van der Waals surface area contributed by atoms with Crippen molar-refractivity contribution in [1.29, 1.82) is 0 Å². The Labute approximate surface area is 190 Å². The van der Waals surface area contributed by atoms with Crippen LogP contribution in [0.4, 0.5) is 0 Å². The molecule has 0 bridgehead atoms. The Hall–Kier alpha value is -3.08. The summed E-state index contributed by atoms with van der Waals surface area (Å²) >= 11 is 0. The molecule has 2 aliphatic heterocycles. The number of amides is 2. The number of rotatable bonds is 7. The van der Waals surface area contributed by atoms with E-state index in [0.717, 1.165) is 43.7 Å². The Morgan fingerprint density at radius 2 is 1.59 bits per heavy atom. The third kappa shape index (κ3) is 4.57. The number of imide groups is 1. The van der Waals surface area contributed by atoms with Gasteiger partial charge in [0.2, 0.25) is 0 Å². The van der Waals surface area contributed by atoms with Crippen molar-refractivity contribution >= 4 is 17.4 Å². The van der Waals surface area contributed by atoms with Crippen LogP contribution in [-0.4, -0.2) is 47.4 Å². The van der Waals surface area contributed by atoms with E-state index in [9.17, 15) is 9.59 Å². The molecule has 168 valence electrons. The standard InChI is InChI=1S/C27H32N2O3/c1-4-29-26(30)24(22-10-12-23(13-11-22)32-19(2)3)25(27(29)31)28-16-14-21(15-17-28)18-20-8-6-5-7-9-20/h5-13,19,21H,4,14-18H2,1-3H3. The number of piperidine rings is 1. The van der Waals surface area contributed by atoms with Crippen LogP contribution in [0.25, 0.3) is 5.57 Å². The number of likely N-dealkylation sites (tertiary alicyclic amines) is 1. The van der Waals surface area contributed by atoms with Crippen molar-refractivity contribution in [3.8, 4) is 5.75 Å². The fraction of sp³-hybridized carbons (Fsp3) is 0.407. The SMILES string of the molecule is CCN1C(=O)C(c2ccc(OC(C)C)cc2)=C(N2CCC(Cc3ccccc3)CC2)C1=O. The number of benzene rings is 2. The summed E-state index contributed by atoms with van der Waals surface area (Å²) in [6, 6.07) is 18.1. The van der Waals surface area contributed by atoms with Crippen molar-refractivity contribution in [2.75, 3.05) is 19.6 Å². The quantitative estimate of drug-likeness (QED) is 0.603. The zero-order valence-corrected chi connectivity index (χ0v) is 19.2. The topological polar surface area (TPSA) is 49.9 Å². The Balaban J connectivity index is 1.55. The smallest absolute Gasteiger partial charge is 0.277 e. The summed E-state index contributed by atoms with van der Waals surface area (Å²) in [5.74, 6) is 0.990. The van der Waals surface area contributed by atoms with E-state index in [4.69, 9.17) is 4.74 Å². The molecule has 0 radical (unpaired) electrons. The van der Waals surface area contributed by atoms with Crippen LogP contribution in [0.2, 0.25) is 0 Å². The predicted molar refractivity (Wildman–Crippen MR) is 126 cm³/mol. The third-order valence-corrected chi connectivity index (χ3v) is 6.27. The highest BCUT2D eigenvalue weighted by atomic mass is 16.5. The van der Waals surface area contributed by atoms with Gasteiger partial charge in [0.15, 0.2) is 0 Å². The molecule has 0 atom stereocenters. The Kier molecular flexibility index (Phi) is 6.63. The first-order valence-electron chi connectivity index (χ1n) is 11.6. The second kappa shape index (κ2) is 9.60. The van der Waals surface area contributed by atoms with Gasteiger partial charge in [0.05, 0.1) is 11.7 Å². The maximum atomic E-state index is 13.2. The summed E-state index contributed by atoms with van der Waals surface area (Å²) in [7, 11) is 0. The van der Waals surface area contributed by atoms with Crippen molar-refractivity contribution in [3.63, 3.8) is 0 Å². The molecule has 2 aromatic carbocycles. The van der Waals surface area contributed by atoms with Gasteiger partial charge in [-0.25, -0.2) is 0 Å². The molecule has 1 fully saturated rings. The lowest BCUT2D eigenvalue weighted by molar-refractivity contribution is -0.137. The summed E-state index contributed by atoms with van der Waals surface area (Å²) in [6.45, 7) is 7.77. The molecule has 1 saturated heterocycles. The van der Waals surface area contributed by atoms with E-state index in [-0.39, 0.29) is 17.9 Å². The third-order valence-electron chi connectivity index (χ3n) is 6.27. The molecule has 0 unspecified atom stereocenters. The second-order valence-electron chi connectivity index (χ2n) is 8.89. The lowest BCUT2D eigenvalue weighted by Gasteiger charge is -2.34. The maximum absolute atomic E-state index is 13.2. The predicted octanol–water partition coefficient (Wildman–Crippen LogP) is 4.53. The van der Waals surface area contributed by atoms with E-state index in [1.165, 1.54) is 10.5 Å². The minimum absolute atomic E-state index is 0.0816. The van der Waals surface area contributed by atoms with Gasteiger partial charge in [0.1, 0.15) is 11.4 Å². The highest BCUT2D eigenvalue weighted by molar-refractivity contribution is 6.35. The molecule has 5 nitrogen and oxygen atoms in total. The average molecular weight is 433 g/mol. The molecule has 5 heteroatoms. The first-order chi connectivity index (χ1) is 15.5. The van der Waals surface area contributed by atoms with Gasteiger partial charge in [-0.3, -0.25) is 14.5 Å². The normalized spacial score (nSPS) is 17.6. The fourth-order valence-corrected chi connectivity index (χ4v) is 4.68. The Morgan fingerprint density at radius 1 is 0.938 bits per heavy atom. The number of hydrogen-bond acceptors (Lipinski definition) is 4. The summed E-state index contributed by atoms with van der Waals surface area (Å²) in [6.07, 6.45) is 3.17. The van der Waals surface area contributed by atoms with Crippen LogP contribution in [0, 0.1) is 5.92 Å². The zero-order chi connectivity index (χ0) is 22.7. The van der Waals surface area contributed by atoms with Gasteiger partial charge in [-0.2, -0.15) is 0 Å². The molecule has 0 aromatic heterocycles. The van der Waals surface area contributed by atoms with Crippen molar-refractivity contribution < 1.29 is 14.3 Å². The van der Waals surface area contributed by atoms with E-state index < -0.39 is 0 Å². The number of ether oxygens (including phenoxy) is 1. The van der Waals surface area contributed by atoms with Crippen molar-refractivity contribution in [1.82, 2.24) is 9.80 Å². The largest absolute Gasteiger partial charge is 0.491 e. The van der Waals surface area contributed by atoms with Gasteiger partial charge in [-0.05, 0) is 69.2 Å². The van der Waals surface area contributed by atoms with E-state index in [1.54, 1.807) is 0 Å². The first kappa shape index (κ1) is 22.1. The van der Waals surface area contributed by atoms with Crippen LogP contribution in [0.5, 0.6) is 5.75 Å². The molecule has 0 aliphatic carbocycles. The van der Waals surface area contributed by atoms with Crippen molar-refractivity contribution in [3.05, 3.63) is 71.4 Å². The number of hydrogen-bond donors (Lipinski definition) is 0. The summed E-state index contributed by atoms with van der Waals surface area (Å²) in [4.78, 5) is 29.8. The molecular formula is C27H32N2O3. The number of likely N-dealkylation sites (N-methyl/N-ethyl adjacent to an activating group) is 1. The lowest BCUT2D eigenvalue weighted by atomic mass is 9.89. The second-order valence-corrected chi connectivity index (χ2v) is 8.89. The van der Waals surface area contributed by atoms with E-state index in [1.807, 2.05) is 51.1 Å². The van der Waals surface area contributed by atoms with Crippen molar-refractivity contribution in [2.24, 2.45) is 5.92 Å². The van der Waals surface area contributed by atoms with Gasteiger partial charge in [-0.1, -0.05) is 42.5 Å². The van der Waals surface area contributed by atoms with Crippen molar-refractivity contribution in [2.45, 2.75) is 46.1 Å². The Bertz CT molecular complexity index is 987. The minimum Gasteiger partial charge on any atom is -0.491 e. The fourth-order valence-electron chi connectivity index (χ4n) is 4.68. The summed E-state index contributed by atoms with van der Waals surface area (Å²) in [5, 5.41) is 0. The molecule has 0 saturated carbocycles. The van der Waals surface area contributed by atoms with Gasteiger partial charge in [0, 0.05) is 19.6 Å². The molecule has 32 heavy (non-hydrogen) atoms. The molecule has 0 spiro atoms. The number of carbonyl (C=O) groups is 2. The van der Waals surface area contributed by atoms with Crippen LogP contribution in [-0.2, 0) is 16.0 Å². The van der Waals surface area contributed by atoms with Gasteiger partial charge >= 0.3 is 0 Å². The molecular weight excluding hydrogens is 400 g/mol. The molecule has 2 amide bonds. The van der Waals surface area contributed by atoms with Crippen LogP contribution >= 0.6 is 0 Å². The highest BCUT2D eigenvalue weighted by Gasteiger charge is 2.41. The first-order valence-corrected chi connectivity index (χ1v) is 11.6. The highest BCUT2D eigenvalue weighted by Crippen LogP contribution is 2.35. The van der Waals surface area contributed by atoms with E-state index in [0.29, 0.717) is 23.7 Å².